The van der Waals surface area contributed by atoms with E-state index in [1.54, 1.807) is 0 Å². The van der Waals surface area contributed by atoms with E-state index in [0.717, 1.165) is 34.6 Å². The van der Waals surface area contributed by atoms with Crippen molar-refractivity contribution in [2.24, 2.45) is 17.8 Å². The molecule has 1 N–H and O–H groups in total. The van der Waals surface area contributed by atoms with Crippen molar-refractivity contribution >= 4 is 15.9 Å². The van der Waals surface area contributed by atoms with Crippen LogP contribution in [0.25, 0.3) is 0 Å². The molecule has 0 aliphatic heterocycles. The van der Waals surface area contributed by atoms with Gasteiger partial charge in [-0.2, -0.15) is 0 Å². The van der Waals surface area contributed by atoms with Crippen LogP contribution in [0, 0.1) is 17.8 Å². The Kier molecular flexibility index (Phi) is 4.90. The summed E-state index contributed by atoms with van der Waals surface area (Å²) in [5.41, 5.74) is 1.30. The molecule has 3 heteroatoms. The zero-order chi connectivity index (χ0) is 14.8. The number of halogens is 1. The van der Waals surface area contributed by atoms with Gasteiger partial charge in [0.1, 0.15) is 5.75 Å². The maximum Gasteiger partial charge on any atom is 0.124 e. The molecule has 0 saturated heterocycles. The van der Waals surface area contributed by atoms with Crippen LogP contribution in [0.2, 0.25) is 0 Å². The number of ether oxygens (including phenoxy) is 1. The van der Waals surface area contributed by atoms with Gasteiger partial charge in [0, 0.05) is 16.1 Å². The van der Waals surface area contributed by atoms with E-state index < -0.39 is 0 Å². The highest BCUT2D eigenvalue weighted by molar-refractivity contribution is 9.10. The molecule has 2 fully saturated rings. The van der Waals surface area contributed by atoms with Gasteiger partial charge in [0.25, 0.3) is 0 Å². The molecular weight excluding hydrogens is 326 g/mol. The highest BCUT2D eigenvalue weighted by Gasteiger charge is 2.40. The Balaban J connectivity index is 1.77. The Morgan fingerprint density at radius 1 is 1.33 bits per heavy atom. The van der Waals surface area contributed by atoms with Crippen molar-refractivity contribution in [3.63, 3.8) is 0 Å². The summed E-state index contributed by atoms with van der Waals surface area (Å²) in [6.07, 6.45) is 7.11. The number of benzene rings is 1. The SMILES string of the molecule is CCOc1ccc(Br)cc1C(CC1CC2CCC1C2)NC. The molecule has 1 aromatic carbocycles. The summed E-state index contributed by atoms with van der Waals surface area (Å²) in [7, 11) is 2.08. The number of rotatable bonds is 6. The fourth-order valence-corrected chi connectivity index (χ4v) is 4.83. The summed E-state index contributed by atoms with van der Waals surface area (Å²) in [5.74, 6) is 3.93. The van der Waals surface area contributed by atoms with Crippen LogP contribution in [0.15, 0.2) is 22.7 Å². The van der Waals surface area contributed by atoms with Crippen molar-refractivity contribution < 1.29 is 4.74 Å². The first-order valence-corrected chi connectivity index (χ1v) is 9.10. The van der Waals surface area contributed by atoms with Gasteiger partial charge in [-0.05, 0) is 75.6 Å². The van der Waals surface area contributed by atoms with E-state index in [9.17, 15) is 0 Å². The van der Waals surface area contributed by atoms with Crippen LogP contribution in [0.1, 0.15) is 50.6 Å². The second-order valence-corrected chi connectivity index (χ2v) is 7.54. The average molecular weight is 352 g/mol. The lowest BCUT2D eigenvalue weighted by atomic mass is 9.82. The third kappa shape index (κ3) is 3.29. The molecule has 4 atom stereocenters. The molecule has 0 aromatic heterocycles. The zero-order valence-corrected chi connectivity index (χ0v) is 14.7. The number of nitrogens with one attached hydrogen (secondary N) is 1. The minimum atomic E-state index is 0.397. The molecule has 0 spiro atoms. The Labute approximate surface area is 136 Å². The monoisotopic (exact) mass is 351 g/mol. The van der Waals surface area contributed by atoms with Crippen molar-refractivity contribution in [1.82, 2.24) is 5.32 Å². The second-order valence-electron chi connectivity index (χ2n) is 6.63. The lowest BCUT2D eigenvalue weighted by molar-refractivity contribution is 0.277. The van der Waals surface area contributed by atoms with Gasteiger partial charge in [-0.25, -0.2) is 0 Å². The van der Waals surface area contributed by atoms with Gasteiger partial charge in [0.15, 0.2) is 0 Å². The lowest BCUT2D eigenvalue weighted by Crippen LogP contribution is -2.23. The highest BCUT2D eigenvalue weighted by atomic mass is 79.9. The molecule has 2 bridgehead atoms. The molecule has 2 nitrogen and oxygen atoms in total. The zero-order valence-electron chi connectivity index (χ0n) is 13.1. The third-order valence-electron chi connectivity index (χ3n) is 5.42. The largest absolute Gasteiger partial charge is 0.494 e. The highest BCUT2D eigenvalue weighted by Crippen LogP contribution is 2.51. The van der Waals surface area contributed by atoms with Gasteiger partial charge in [-0.3, -0.25) is 0 Å². The first-order valence-electron chi connectivity index (χ1n) is 8.30. The Morgan fingerprint density at radius 2 is 2.19 bits per heavy atom. The minimum Gasteiger partial charge on any atom is -0.494 e. The van der Waals surface area contributed by atoms with E-state index >= 15 is 0 Å². The molecule has 4 unspecified atom stereocenters. The van der Waals surface area contributed by atoms with Crippen molar-refractivity contribution in [2.75, 3.05) is 13.7 Å². The summed E-state index contributed by atoms with van der Waals surface area (Å²) in [4.78, 5) is 0. The average Bonchev–Trinajstić information content (AvgIpc) is 3.09. The van der Waals surface area contributed by atoms with Crippen molar-refractivity contribution in [3.8, 4) is 5.75 Å². The van der Waals surface area contributed by atoms with Gasteiger partial charge in [0.05, 0.1) is 6.61 Å². The standard InChI is InChI=1S/C18H26BrNO/c1-3-21-18-7-6-15(19)11-16(18)17(20-2)10-14-9-12-4-5-13(14)8-12/h6-7,11-14,17,20H,3-5,8-10H2,1-2H3. The van der Waals surface area contributed by atoms with Crippen molar-refractivity contribution in [1.29, 1.82) is 0 Å². The van der Waals surface area contributed by atoms with Gasteiger partial charge in [-0.1, -0.05) is 22.4 Å². The summed E-state index contributed by atoms with van der Waals surface area (Å²) >= 11 is 3.61. The Morgan fingerprint density at radius 3 is 2.81 bits per heavy atom. The van der Waals surface area contributed by atoms with E-state index in [1.165, 1.54) is 37.7 Å². The molecule has 0 radical (unpaired) electrons. The summed E-state index contributed by atoms with van der Waals surface area (Å²) in [6, 6.07) is 6.78. The van der Waals surface area contributed by atoms with Gasteiger partial charge < -0.3 is 10.1 Å². The van der Waals surface area contributed by atoms with Crippen LogP contribution in [0.3, 0.4) is 0 Å². The smallest absolute Gasteiger partial charge is 0.124 e. The second kappa shape index (κ2) is 6.70. The summed E-state index contributed by atoms with van der Waals surface area (Å²) in [6.45, 7) is 2.77. The Bertz CT molecular complexity index is 490. The van der Waals surface area contributed by atoms with E-state index in [2.05, 4.69) is 53.4 Å². The minimum absolute atomic E-state index is 0.397. The summed E-state index contributed by atoms with van der Waals surface area (Å²) in [5, 5.41) is 3.53. The van der Waals surface area contributed by atoms with Crippen LogP contribution < -0.4 is 10.1 Å². The van der Waals surface area contributed by atoms with Crippen LogP contribution in [0.5, 0.6) is 5.75 Å². The maximum atomic E-state index is 5.84. The van der Waals surface area contributed by atoms with Crippen LogP contribution in [-0.4, -0.2) is 13.7 Å². The van der Waals surface area contributed by atoms with Gasteiger partial charge >= 0.3 is 0 Å². The number of fused-ring (bicyclic) bond motifs is 2. The van der Waals surface area contributed by atoms with Crippen LogP contribution in [-0.2, 0) is 0 Å². The molecule has 1 aromatic rings. The van der Waals surface area contributed by atoms with Gasteiger partial charge in [0.2, 0.25) is 0 Å². The van der Waals surface area contributed by atoms with Crippen molar-refractivity contribution in [2.45, 2.75) is 45.1 Å². The van der Waals surface area contributed by atoms with E-state index in [4.69, 9.17) is 4.74 Å². The molecular formula is C18H26BrNO. The molecule has 3 rings (SSSR count). The quantitative estimate of drug-likeness (QED) is 0.783. The predicted octanol–water partition coefficient (Wildman–Crippen LogP) is 4.93. The van der Waals surface area contributed by atoms with Gasteiger partial charge in [-0.15, -0.1) is 0 Å². The molecule has 0 heterocycles. The normalized spacial score (nSPS) is 28.8. The molecule has 2 saturated carbocycles. The molecule has 21 heavy (non-hydrogen) atoms. The predicted molar refractivity (Wildman–Crippen MR) is 90.7 cm³/mol. The molecule has 2 aliphatic rings. The maximum absolute atomic E-state index is 5.84. The fraction of sp³-hybridized carbons (Fsp3) is 0.667. The first-order chi connectivity index (χ1) is 10.2. The van der Waals surface area contributed by atoms with Crippen LogP contribution >= 0.6 is 15.9 Å². The first kappa shape index (κ1) is 15.4. The fourth-order valence-electron chi connectivity index (χ4n) is 4.45. The van der Waals surface area contributed by atoms with E-state index in [0.29, 0.717) is 6.04 Å². The number of hydrogen-bond donors (Lipinski definition) is 1. The number of hydrogen-bond acceptors (Lipinski definition) is 2. The van der Waals surface area contributed by atoms with E-state index in [1.807, 2.05) is 0 Å². The Hall–Kier alpha value is -0.540. The molecule has 2 aliphatic carbocycles. The molecule has 0 amide bonds. The van der Waals surface area contributed by atoms with Crippen LogP contribution in [0.4, 0.5) is 0 Å². The van der Waals surface area contributed by atoms with E-state index in [-0.39, 0.29) is 0 Å². The lowest BCUT2D eigenvalue weighted by Gasteiger charge is -2.28. The van der Waals surface area contributed by atoms with Crippen molar-refractivity contribution in [3.05, 3.63) is 28.2 Å². The molecule has 116 valence electrons. The topological polar surface area (TPSA) is 21.3 Å². The third-order valence-corrected chi connectivity index (χ3v) is 5.91. The summed E-state index contributed by atoms with van der Waals surface area (Å²) < 4.78 is 6.97.